The number of carbonyl (C=O) groups is 1. The Balaban J connectivity index is 2.34. The molecule has 2 aromatic carbocycles. The van der Waals surface area contributed by atoms with Gasteiger partial charge in [0.05, 0.1) is 20.7 Å². The van der Waals surface area contributed by atoms with Crippen molar-refractivity contribution < 1.29 is 9.72 Å². The van der Waals surface area contributed by atoms with Crippen LogP contribution in [0.15, 0.2) is 42.5 Å². The molecule has 102 valence electrons. The molecule has 7 heteroatoms. The fraction of sp³-hybridized carbons (Fsp3) is 0. The SMILES string of the molecule is O=C(Nc1cccc(Cl)c1Cl)c1ccccc1[N+](=O)[O-]. The second-order valence-electron chi connectivity index (χ2n) is 3.83. The van der Waals surface area contributed by atoms with Gasteiger partial charge in [-0.2, -0.15) is 0 Å². The average molecular weight is 311 g/mol. The number of hydrogen-bond donors (Lipinski definition) is 1. The van der Waals surface area contributed by atoms with Crippen molar-refractivity contribution in [2.24, 2.45) is 0 Å². The molecule has 0 saturated carbocycles. The highest BCUT2D eigenvalue weighted by Gasteiger charge is 2.20. The fourth-order valence-corrected chi connectivity index (χ4v) is 1.96. The quantitative estimate of drug-likeness (QED) is 0.683. The molecule has 0 aromatic heterocycles. The van der Waals surface area contributed by atoms with Crippen LogP contribution in [0.3, 0.4) is 0 Å². The topological polar surface area (TPSA) is 72.2 Å². The van der Waals surface area contributed by atoms with E-state index in [1.54, 1.807) is 24.3 Å². The fourth-order valence-electron chi connectivity index (χ4n) is 1.61. The predicted molar refractivity (Wildman–Crippen MR) is 77.5 cm³/mol. The van der Waals surface area contributed by atoms with E-state index in [-0.39, 0.29) is 21.3 Å². The Morgan fingerprint density at radius 2 is 1.80 bits per heavy atom. The van der Waals surface area contributed by atoms with E-state index in [9.17, 15) is 14.9 Å². The molecular weight excluding hydrogens is 303 g/mol. The zero-order chi connectivity index (χ0) is 14.7. The van der Waals surface area contributed by atoms with Crippen molar-refractivity contribution in [2.75, 3.05) is 5.32 Å². The van der Waals surface area contributed by atoms with Gasteiger partial charge in [-0.05, 0) is 18.2 Å². The van der Waals surface area contributed by atoms with Crippen LogP contribution in [0.2, 0.25) is 10.0 Å². The molecule has 0 aliphatic heterocycles. The Morgan fingerprint density at radius 3 is 2.50 bits per heavy atom. The molecule has 2 rings (SSSR count). The van der Waals surface area contributed by atoms with Crippen molar-refractivity contribution in [3.8, 4) is 0 Å². The molecule has 5 nitrogen and oxygen atoms in total. The van der Waals surface area contributed by atoms with Gasteiger partial charge >= 0.3 is 0 Å². The molecule has 0 atom stereocenters. The number of nitrogens with zero attached hydrogens (tertiary/aromatic N) is 1. The lowest BCUT2D eigenvalue weighted by Crippen LogP contribution is -2.14. The summed E-state index contributed by atoms with van der Waals surface area (Å²) in [6.07, 6.45) is 0. The highest BCUT2D eigenvalue weighted by atomic mass is 35.5. The van der Waals surface area contributed by atoms with Crippen LogP contribution < -0.4 is 5.32 Å². The largest absolute Gasteiger partial charge is 0.320 e. The van der Waals surface area contributed by atoms with Crippen molar-refractivity contribution in [3.05, 3.63) is 68.2 Å². The number of halogens is 2. The third kappa shape index (κ3) is 2.89. The van der Waals surface area contributed by atoms with E-state index >= 15 is 0 Å². The first-order valence-corrected chi connectivity index (χ1v) is 6.25. The standard InChI is InChI=1S/C13H8Cl2N2O3/c14-9-5-3-6-10(12(9)15)16-13(18)8-4-1-2-7-11(8)17(19)20/h1-7H,(H,16,18). The maximum Gasteiger partial charge on any atom is 0.282 e. The van der Waals surface area contributed by atoms with Gasteiger partial charge < -0.3 is 5.32 Å². The summed E-state index contributed by atoms with van der Waals surface area (Å²) in [7, 11) is 0. The molecule has 2 aromatic rings. The Morgan fingerprint density at radius 1 is 1.10 bits per heavy atom. The van der Waals surface area contributed by atoms with Gasteiger partial charge in [-0.15, -0.1) is 0 Å². The Hall–Kier alpha value is -2.11. The minimum atomic E-state index is -0.624. The van der Waals surface area contributed by atoms with Crippen molar-refractivity contribution in [1.82, 2.24) is 0 Å². The predicted octanol–water partition coefficient (Wildman–Crippen LogP) is 4.15. The molecule has 0 spiro atoms. The van der Waals surface area contributed by atoms with Crippen LogP contribution in [-0.2, 0) is 0 Å². The monoisotopic (exact) mass is 310 g/mol. The Bertz CT molecular complexity index is 689. The van der Waals surface area contributed by atoms with Gasteiger partial charge in [0, 0.05) is 6.07 Å². The molecule has 1 N–H and O–H groups in total. The molecular formula is C13H8Cl2N2O3. The summed E-state index contributed by atoms with van der Waals surface area (Å²) < 4.78 is 0. The Labute approximate surface area is 124 Å². The van der Waals surface area contributed by atoms with Gasteiger partial charge in [0.2, 0.25) is 0 Å². The number of nitro benzene ring substituents is 1. The number of anilines is 1. The number of carbonyl (C=O) groups excluding carboxylic acids is 1. The molecule has 0 bridgehead atoms. The summed E-state index contributed by atoms with van der Waals surface area (Å²) in [5.41, 5.74) is -0.0287. The molecule has 0 fully saturated rings. The number of amides is 1. The van der Waals surface area contributed by atoms with Crippen molar-refractivity contribution in [2.45, 2.75) is 0 Å². The van der Waals surface area contributed by atoms with Crippen molar-refractivity contribution in [1.29, 1.82) is 0 Å². The summed E-state index contributed by atoms with van der Waals surface area (Å²) in [5.74, 6) is -0.624. The van der Waals surface area contributed by atoms with Crippen molar-refractivity contribution >= 4 is 40.5 Å². The first-order valence-electron chi connectivity index (χ1n) is 5.49. The Kier molecular flexibility index (Phi) is 4.22. The second-order valence-corrected chi connectivity index (χ2v) is 4.61. The van der Waals surface area contributed by atoms with Crippen LogP contribution in [0.4, 0.5) is 11.4 Å². The van der Waals surface area contributed by atoms with Crippen LogP contribution >= 0.6 is 23.2 Å². The maximum absolute atomic E-state index is 12.1. The minimum Gasteiger partial charge on any atom is -0.320 e. The molecule has 0 saturated heterocycles. The molecule has 0 aliphatic rings. The van der Waals surface area contributed by atoms with Gasteiger partial charge in [-0.3, -0.25) is 14.9 Å². The van der Waals surface area contributed by atoms with Crippen molar-refractivity contribution in [3.63, 3.8) is 0 Å². The zero-order valence-corrected chi connectivity index (χ0v) is 11.5. The summed E-state index contributed by atoms with van der Waals surface area (Å²) in [4.78, 5) is 22.3. The highest BCUT2D eigenvalue weighted by molar-refractivity contribution is 6.44. The van der Waals surface area contributed by atoms with Crippen LogP contribution in [-0.4, -0.2) is 10.8 Å². The summed E-state index contributed by atoms with van der Waals surface area (Å²) >= 11 is 11.8. The first-order chi connectivity index (χ1) is 9.50. The number of nitro groups is 1. The number of benzene rings is 2. The lowest BCUT2D eigenvalue weighted by Gasteiger charge is -2.08. The van der Waals surface area contributed by atoms with Crippen LogP contribution in [0.25, 0.3) is 0 Å². The first kappa shape index (κ1) is 14.3. The number of para-hydroxylation sites is 1. The van der Waals surface area contributed by atoms with E-state index in [1.165, 1.54) is 18.2 Å². The van der Waals surface area contributed by atoms with Crippen LogP contribution in [0.5, 0.6) is 0 Å². The number of nitrogens with one attached hydrogen (secondary N) is 1. The van der Waals surface area contributed by atoms with E-state index in [1.807, 2.05) is 0 Å². The van der Waals surface area contributed by atoms with Gasteiger partial charge in [-0.1, -0.05) is 41.4 Å². The highest BCUT2D eigenvalue weighted by Crippen LogP contribution is 2.30. The normalized spacial score (nSPS) is 10.1. The van der Waals surface area contributed by atoms with Gasteiger partial charge in [-0.25, -0.2) is 0 Å². The number of hydrogen-bond acceptors (Lipinski definition) is 3. The average Bonchev–Trinajstić information content (AvgIpc) is 2.43. The maximum atomic E-state index is 12.1. The molecule has 20 heavy (non-hydrogen) atoms. The van der Waals surface area contributed by atoms with Gasteiger partial charge in [0.1, 0.15) is 5.56 Å². The molecule has 0 unspecified atom stereocenters. The summed E-state index contributed by atoms with van der Waals surface area (Å²) in [5, 5.41) is 13.8. The zero-order valence-electron chi connectivity index (χ0n) is 9.97. The van der Waals surface area contributed by atoms with Gasteiger partial charge in [0.15, 0.2) is 0 Å². The van der Waals surface area contributed by atoms with E-state index in [0.717, 1.165) is 0 Å². The van der Waals surface area contributed by atoms with Gasteiger partial charge in [0.25, 0.3) is 11.6 Å². The molecule has 0 heterocycles. The van der Waals surface area contributed by atoms with E-state index in [0.29, 0.717) is 5.69 Å². The van der Waals surface area contributed by atoms with Crippen LogP contribution in [0.1, 0.15) is 10.4 Å². The molecule has 1 amide bonds. The second kappa shape index (κ2) is 5.90. The summed E-state index contributed by atoms with van der Waals surface area (Å²) in [6.45, 7) is 0. The summed E-state index contributed by atoms with van der Waals surface area (Å²) in [6, 6.07) is 10.4. The van der Waals surface area contributed by atoms with E-state index < -0.39 is 10.8 Å². The van der Waals surface area contributed by atoms with E-state index in [4.69, 9.17) is 23.2 Å². The molecule has 0 radical (unpaired) electrons. The lowest BCUT2D eigenvalue weighted by atomic mass is 10.1. The van der Waals surface area contributed by atoms with E-state index in [2.05, 4.69) is 5.32 Å². The third-order valence-corrected chi connectivity index (χ3v) is 3.36. The van der Waals surface area contributed by atoms with Crippen LogP contribution in [0, 0.1) is 10.1 Å². The smallest absolute Gasteiger partial charge is 0.282 e. The minimum absolute atomic E-state index is 0.0476. The third-order valence-electron chi connectivity index (χ3n) is 2.55. The number of rotatable bonds is 3. The lowest BCUT2D eigenvalue weighted by molar-refractivity contribution is -0.385. The molecule has 0 aliphatic carbocycles.